The van der Waals surface area contributed by atoms with Crippen molar-refractivity contribution in [2.45, 2.75) is 24.7 Å². The highest BCUT2D eigenvalue weighted by atomic mass is 19.4. The molecule has 1 N–H and O–H groups in total. The van der Waals surface area contributed by atoms with E-state index in [0.29, 0.717) is 22.5 Å². The molecule has 2 aromatic carbocycles. The van der Waals surface area contributed by atoms with Crippen LogP contribution in [0.3, 0.4) is 0 Å². The summed E-state index contributed by atoms with van der Waals surface area (Å²) in [4.78, 5) is 8.99. The number of anilines is 1. The largest absolute Gasteiger partial charge is 0.497 e. The molecule has 34 heavy (non-hydrogen) atoms. The Morgan fingerprint density at radius 3 is 2.65 bits per heavy atom. The smallest absolute Gasteiger partial charge is 0.410 e. The Kier molecular flexibility index (Phi) is 4.48. The molecule has 2 atom stereocenters. The molecule has 0 amide bonds. The highest BCUT2D eigenvalue weighted by Gasteiger charge is 2.47. The van der Waals surface area contributed by atoms with Crippen LogP contribution < -0.4 is 10.1 Å². The van der Waals surface area contributed by atoms with Crippen LogP contribution in [0, 0.1) is 0 Å². The molecule has 5 aromatic rings. The molecular weight excluding hydrogens is 447 g/mol. The van der Waals surface area contributed by atoms with Crippen molar-refractivity contribution in [1.29, 1.82) is 0 Å². The van der Waals surface area contributed by atoms with Crippen LogP contribution in [0.5, 0.6) is 5.75 Å². The Labute approximate surface area is 191 Å². The number of benzene rings is 2. The van der Waals surface area contributed by atoms with Crippen molar-refractivity contribution in [3.8, 4) is 17.1 Å². The summed E-state index contributed by atoms with van der Waals surface area (Å²) in [6.45, 7) is 0. The van der Waals surface area contributed by atoms with Crippen LogP contribution in [0.2, 0.25) is 0 Å². The molecule has 8 nitrogen and oxygen atoms in total. The number of hydrogen-bond donors (Lipinski definition) is 1. The molecule has 11 heteroatoms. The first-order valence-corrected chi connectivity index (χ1v) is 10.6. The summed E-state index contributed by atoms with van der Waals surface area (Å²) in [5.74, 6) is 1.12. The highest BCUT2D eigenvalue weighted by Crippen LogP contribution is 2.46. The van der Waals surface area contributed by atoms with Gasteiger partial charge >= 0.3 is 6.18 Å². The molecule has 172 valence electrons. The molecule has 0 spiro atoms. The number of nitrogens with one attached hydrogen (secondary N) is 1. The van der Waals surface area contributed by atoms with E-state index in [1.165, 1.54) is 17.0 Å². The van der Waals surface area contributed by atoms with Crippen molar-refractivity contribution >= 4 is 22.4 Å². The van der Waals surface area contributed by atoms with Crippen LogP contribution in [0.25, 0.3) is 27.9 Å². The maximum absolute atomic E-state index is 14.0. The first-order valence-electron chi connectivity index (χ1n) is 10.6. The van der Waals surface area contributed by atoms with Gasteiger partial charge in [-0.05, 0) is 29.8 Å². The summed E-state index contributed by atoms with van der Waals surface area (Å²) in [5, 5.41) is 12.6. The number of nitrogens with zero attached hydrogens (tertiary/aromatic N) is 6. The molecule has 2 unspecified atom stereocenters. The van der Waals surface area contributed by atoms with Crippen LogP contribution in [0.1, 0.15) is 24.1 Å². The lowest BCUT2D eigenvalue weighted by atomic mass is 9.96. The predicted octanol–water partition coefficient (Wildman–Crippen LogP) is 4.81. The average molecular weight is 465 g/mol. The van der Waals surface area contributed by atoms with Gasteiger partial charge in [-0.25, -0.2) is 19.2 Å². The second-order valence-electron chi connectivity index (χ2n) is 8.08. The number of rotatable bonds is 3. The standard InChI is InChI=1S/C23H18F3N7O/c1-34-14-8-6-13(7-9-14)18-10-19(23(24,25)26)33-22(29-18)16(11-28-33)20-30-21-15-4-2-3-5-17(15)27-12-32(21)31-20/h2-9,11-12,18-19,29H,10H2,1H3. The predicted molar refractivity (Wildman–Crippen MR) is 119 cm³/mol. The number of ether oxygens (including phenoxy) is 1. The second-order valence-corrected chi connectivity index (χ2v) is 8.08. The first-order chi connectivity index (χ1) is 16.4. The zero-order valence-electron chi connectivity index (χ0n) is 17.9. The minimum Gasteiger partial charge on any atom is -0.497 e. The number of alkyl halides is 3. The van der Waals surface area contributed by atoms with E-state index < -0.39 is 18.3 Å². The monoisotopic (exact) mass is 465 g/mol. The Balaban J connectivity index is 1.47. The van der Waals surface area contributed by atoms with Gasteiger partial charge in [0.2, 0.25) is 0 Å². The molecule has 0 saturated carbocycles. The van der Waals surface area contributed by atoms with Gasteiger partial charge in [-0.2, -0.15) is 18.3 Å². The topological polar surface area (TPSA) is 82.2 Å². The molecule has 0 bridgehead atoms. The summed E-state index contributed by atoms with van der Waals surface area (Å²) in [6, 6.07) is 12.1. The number of hydrogen-bond acceptors (Lipinski definition) is 6. The van der Waals surface area contributed by atoms with E-state index in [0.717, 1.165) is 15.6 Å². The number of para-hydroxylation sites is 1. The van der Waals surface area contributed by atoms with Gasteiger partial charge in [0.05, 0.1) is 30.4 Å². The zero-order chi connectivity index (χ0) is 23.4. The summed E-state index contributed by atoms with van der Waals surface area (Å²) < 4.78 is 49.8. The third-order valence-corrected chi connectivity index (χ3v) is 6.08. The van der Waals surface area contributed by atoms with Crippen molar-refractivity contribution in [3.63, 3.8) is 0 Å². The van der Waals surface area contributed by atoms with E-state index >= 15 is 0 Å². The summed E-state index contributed by atoms with van der Waals surface area (Å²) in [7, 11) is 1.54. The van der Waals surface area contributed by atoms with Gasteiger partial charge in [0.25, 0.3) is 0 Å². The molecule has 4 heterocycles. The van der Waals surface area contributed by atoms with Gasteiger partial charge in [0.15, 0.2) is 17.5 Å². The number of halogens is 3. The highest BCUT2D eigenvalue weighted by molar-refractivity contribution is 5.91. The van der Waals surface area contributed by atoms with E-state index in [9.17, 15) is 13.2 Å². The first kappa shape index (κ1) is 20.5. The van der Waals surface area contributed by atoms with Crippen LogP contribution >= 0.6 is 0 Å². The van der Waals surface area contributed by atoms with Crippen molar-refractivity contribution in [3.05, 3.63) is 66.6 Å². The van der Waals surface area contributed by atoms with Gasteiger partial charge < -0.3 is 10.1 Å². The fraction of sp³-hybridized carbons (Fsp3) is 0.217. The molecule has 6 rings (SSSR count). The minimum absolute atomic E-state index is 0.197. The van der Waals surface area contributed by atoms with Crippen molar-refractivity contribution < 1.29 is 17.9 Å². The van der Waals surface area contributed by atoms with Gasteiger partial charge in [-0.15, -0.1) is 5.10 Å². The lowest BCUT2D eigenvalue weighted by Gasteiger charge is -2.34. The van der Waals surface area contributed by atoms with Crippen molar-refractivity contribution in [1.82, 2.24) is 29.4 Å². The fourth-order valence-corrected chi connectivity index (χ4v) is 4.37. The summed E-state index contributed by atoms with van der Waals surface area (Å²) in [6.07, 6.45) is -1.76. The van der Waals surface area contributed by atoms with Gasteiger partial charge in [-0.1, -0.05) is 24.3 Å². The van der Waals surface area contributed by atoms with Crippen LogP contribution in [-0.4, -0.2) is 42.6 Å². The summed E-state index contributed by atoms with van der Waals surface area (Å²) in [5.41, 5.74) is 2.42. The lowest BCUT2D eigenvalue weighted by molar-refractivity contribution is -0.173. The quantitative estimate of drug-likeness (QED) is 0.412. The van der Waals surface area contributed by atoms with E-state index in [1.807, 2.05) is 24.3 Å². The number of aromatic nitrogens is 6. The van der Waals surface area contributed by atoms with Crippen LogP contribution in [0.15, 0.2) is 61.1 Å². The van der Waals surface area contributed by atoms with Gasteiger partial charge in [0.1, 0.15) is 17.9 Å². The Morgan fingerprint density at radius 1 is 1.09 bits per heavy atom. The van der Waals surface area contributed by atoms with E-state index in [2.05, 4.69) is 25.5 Å². The van der Waals surface area contributed by atoms with Crippen LogP contribution in [0.4, 0.5) is 19.0 Å². The molecule has 0 fully saturated rings. The van der Waals surface area contributed by atoms with E-state index in [4.69, 9.17) is 4.74 Å². The van der Waals surface area contributed by atoms with Crippen molar-refractivity contribution in [2.75, 3.05) is 12.4 Å². The maximum atomic E-state index is 14.0. The third kappa shape index (κ3) is 3.23. The Morgan fingerprint density at radius 2 is 1.88 bits per heavy atom. The molecule has 0 aliphatic carbocycles. The third-order valence-electron chi connectivity index (χ3n) is 6.08. The second kappa shape index (κ2) is 7.44. The van der Waals surface area contributed by atoms with Crippen LogP contribution in [-0.2, 0) is 0 Å². The minimum atomic E-state index is -4.47. The van der Waals surface area contributed by atoms with E-state index in [-0.39, 0.29) is 18.1 Å². The fourth-order valence-electron chi connectivity index (χ4n) is 4.37. The number of methoxy groups -OCH3 is 1. The van der Waals surface area contributed by atoms with Gasteiger partial charge in [0, 0.05) is 11.8 Å². The summed E-state index contributed by atoms with van der Waals surface area (Å²) >= 11 is 0. The molecule has 1 aliphatic heterocycles. The molecule has 0 radical (unpaired) electrons. The lowest BCUT2D eigenvalue weighted by Crippen LogP contribution is -2.35. The van der Waals surface area contributed by atoms with Crippen molar-refractivity contribution in [2.24, 2.45) is 0 Å². The average Bonchev–Trinajstić information content (AvgIpc) is 3.47. The SMILES string of the molecule is COc1ccc(C2CC(C(F)(F)F)n3ncc(-c4nc5c6ccccc6ncn5n4)c3N2)cc1. The molecule has 1 aliphatic rings. The normalized spacial score (nSPS) is 18.1. The molecule has 0 saturated heterocycles. The Hall–Kier alpha value is -4.15. The Bertz CT molecular complexity index is 1510. The molecule has 3 aromatic heterocycles. The maximum Gasteiger partial charge on any atom is 0.410 e. The number of fused-ring (bicyclic) bond motifs is 4. The van der Waals surface area contributed by atoms with Gasteiger partial charge in [-0.3, -0.25) is 0 Å². The zero-order valence-corrected chi connectivity index (χ0v) is 17.9. The van der Waals surface area contributed by atoms with E-state index in [1.54, 1.807) is 31.4 Å². The molecular formula is C23H18F3N7O.